The zero-order chi connectivity index (χ0) is 18.6. The third-order valence-electron chi connectivity index (χ3n) is 4.32. The van der Waals surface area contributed by atoms with Gasteiger partial charge in [-0.1, -0.05) is 30.9 Å². The number of aromatic nitrogens is 1. The van der Waals surface area contributed by atoms with E-state index in [2.05, 4.69) is 15.0 Å². The van der Waals surface area contributed by atoms with E-state index in [1.165, 1.54) is 49.1 Å². The quantitative estimate of drug-likeness (QED) is 0.812. The molecule has 1 saturated carbocycles. The number of hydrogen-bond donors (Lipinski definition) is 2. The first-order valence-corrected chi connectivity index (χ1v) is 10.3. The SMILES string of the molecule is O=C(NC1CCCCC1)c1cncc(NS(=O)(=O)c2ccc(Cl)cc2)c1. The van der Waals surface area contributed by atoms with Crippen molar-refractivity contribution in [2.45, 2.75) is 43.0 Å². The van der Waals surface area contributed by atoms with E-state index < -0.39 is 10.0 Å². The molecule has 26 heavy (non-hydrogen) atoms. The molecule has 0 unspecified atom stereocenters. The van der Waals surface area contributed by atoms with E-state index in [4.69, 9.17) is 11.6 Å². The number of pyridine rings is 1. The van der Waals surface area contributed by atoms with Crippen molar-refractivity contribution in [3.8, 4) is 0 Å². The normalized spacial score (nSPS) is 15.4. The van der Waals surface area contributed by atoms with Gasteiger partial charge in [-0.05, 0) is 43.2 Å². The first kappa shape index (κ1) is 18.7. The minimum absolute atomic E-state index is 0.0824. The van der Waals surface area contributed by atoms with E-state index in [1.807, 2.05) is 0 Å². The van der Waals surface area contributed by atoms with E-state index in [1.54, 1.807) is 0 Å². The van der Waals surface area contributed by atoms with Crippen LogP contribution >= 0.6 is 11.6 Å². The number of halogens is 1. The lowest BCUT2D eigenvalue weighted by Crippen LogP contribution is -2.36. The summed E-state index contributed by atoms with van der Waals surface area (Å²) in [6.07, 6.45) is 8.18. The number of nitrogens with one attached hydrogen (secondary N) is 2. The van der Waals surface area contributed by atoms with Gasteiger partial charge in [-0.3, -0.25) is 14.5 Å². The Kier molecular flexibility index (Phi) is 5.78. The van der Waals surface area contributed by atoms with Crippen molar-refractivity contribution in [3.63, 3.8) is 0 Å². The highest BCUT2D eigenvalue weighted by Crippen LogP contribution is 2.20. The Hall–Kier alpha value is -2.12. The molecule has 8 heteroatoms. The van der Waals surface area contributed by atoms with Crippen molar-refractivity contribution >= 4 is 33.2 Å². The van der Waals surface area contributed by atoms with Crippen LogP contribution in [-0.2, 0) is 10.0 Å². The van der Waals surface area contributed by atoms with Gasteiger partial charge in [0.05, 0.1) is 22.3 Å². The number of benzene rings is 1. The number of hydrogen-bond acceptors (Lipinski definition) is 4. The predicted molar refractivity (Wildman–Crippen MR) is 101 cm³/mol. The second kappa shape index (κ2) is 8.05. The Morgan fingerprint density at radius 2 is 1.77 bits per heavy atom. The lowest BCUT2D eigenvalue weighted by molar-refractivity contribution is 0.0927. The Balaban J connectivity index is 1.72. The monoisotopic (exact) mass is 393 g/mol. The minimum atomic E-state index is -3.78. The predicted octanol–water partition coefficient (Wildman–Crippen LogP) is 3.60. The Bertz CT molecular complexity index is 879. The molecule has 1 aromatic heterocycles. The molecule has 0 saturated heterocycles. The van der Waals surface area contributed by atoms with Crippen LogP contribution in [0.5, 0.6) is 0 Å². The van der Waals surface area contributed by atoms with E-state index >= 15 is 0 Å². The smallest absolute Gasteiger partial charge is 0.261 e. The molecule has 1 aromatic carbocycles. The second-order valence-corrected chi connectivity index (χ2v) is 8.45. The average Bonchev–Trinajstić information content (AvgIpc) is 2.63. The molecular formula is C18H20ClN3O3S. The molecule has 6 nitrogen and oxygen atoms in total. The van der Waals surface area contributed by atoms with Crippen LogP contribution in [0.3, 0.4) is 0 Å². The molecule has 2 N–H and O–H groups in total. The van der Waals surface area contributed by atoms with E-state index in [0.717, 1.165) is 25.7 Å². The van der Waals surface area contributed by atoms with Gasteiger partial charge in [0, 0.05) is 17.3 Å². The molecule has 0 aliphatic heterocycles. The summed E-state index contributed by atoms with van der Waals surface area (Å²) >= 11 is 5.79. The number of sulfonamides is 1. The van der Waals surface area contributed by atoms with Gasteiger partial charge >= 0.3 is 0 Å². The van der Waals surface area contributed by atoms with Gasteiger partial charge in [-0.15, -0.1) is 0 Å². The van der Waals surface area contributed by atoms with E-state index in [-0.39, 0.29) is 22.5 Å². The number of carbonyl (C=O) groups excluding carboxylic acids is 1. The summed E-state index contributed by atoms with van der Waals surface area (Å²) in [5.74, 6) is -0.239. The maximum Gasteiger partial charge on any atom is 0.261 e. The first-order chi connectivity index (χ1) is 12.4. The fourth-order valence-corrected chi connectivity index (χ4v) is 4.12. The van der Waals surface area contributed by atoms with Gasteiger partial charge in [-0.2, -0.15) is 0 Å². The van der Waals surface area contributed by atoms with Gasteiger partial charge in [0.25, 0.3) is 15.9 Å². The minimum Gasteiger partial charge on any atom is -0.349 e. The van der Waals surface area contributed by atoms with Crippen LogP contribution in [0.15, 0.2) is 47.6 Å². The molecule has 1 aliphatic carbocycles. The maximum atomic E-state index is 12.4. The van der Waals surface area contributed by atoms with Crippen molar-refractivity contribution in [2.24, 2.45) is 0 Å². The maximum absolute atomic E-state index is 12.4. The molecule has 1 fully saturated rings. The highest BCUT2D eigenvalue weighted by atomic mass is 35.5. The van der Waals surface area contributed by atoms with Crippen LogP contribution in [0.4, 0.5) is 5.69 Å². The van der Waals surface area contributed by atoms with E-state index in [0.29, 0.717) is 10.6 Å². The first-order valence-electron chi connectivity index (χ1n) is 8.48. The fourth-order valence-electron chi connectivity index (χ4n) is 2.96. The molecule has 2 aromatic rings. The summed E-state index contributed by atoms with van der Waals surface area (Å²) in [6, 6.07) is 7.49. The standard InChI is InChI=1S/C18H20ClN3O3S/c19-14-6-8-17(9-7-14)26(24,25)22-16-10-13(11-20-12-16)18(23)21-15-4-2-1-3-5-15/h6-12,15,22H,1-5H2,(H,21,23). The number of anilines is 1. The third-order valence-corrected chi connectivity index (χ3v) is 5.97. The van der Waals surface area contributed by atoms with Crippen molar-refractivity contribution < 1.29 is 13.2 Å². The summed E-state index contributed by atoms with van der Waals surface area (Å²) in [6.45, 7) is 0. The largest absolute Gasteiger partial charge is 0.349 e. The zero-order valence-corrected chi connectivity index (χ0v) is 15.7. The van der Waals surface area contributed by atoms with Crippen LogP contribution in [0.25, 0.3) is 0 Å². The van der Waals surface area contributed by atoms with Crippen molar-refractivity contribution in [1.82, 2.24) is 10.3 Å². The van der Waals surface area contributed by atoms with Crippen LogP contribution in [-0.4, -0.2) is 25.4 Å². The van der Waals surface area contributed by atoms with Crippen LogP contribution in [0, 0.1) is 0 Å². The van der Waals surface area contributed by atoms with Crippen LogP contribution < -0.4 is 10.0 Å². The lowest BCUT2D eigenvalue weighted by Gasteiger charge is -2.22. The van der Waals surface area contributed by atoms with Gasteiger partial charge in [-0.25, -0.2) is 8.42 Å². The van der Waals surface area contributed by atoms with Crippen LogP contribution in [0.2, 0.25) is 5.02 Å². The van der Waals surface area contributed by atoms with Gasteiger partial charge < -0.3 is 5.32 Å². The Labute approximate surface area is 158 Å². The molecule has 0 atom stereocenters. The number of rotatable bonds is 5. The zero-order valence-electron chi connectivity index (χ0n) is 14.1. The Morgan fingerprint density at radius 1 is 1.08 bits per heavy atom. The third kappa shape index (κ3) is 4.74. The number of amides is 1. The van der Waals surface area contributed by atoms with Crippen molar-refractivity contribution in [2.75, 3.05) is 4.72 Å². The van der Waals surface area contributed by atoms with Gasteiger partial charge in [0.1, 0.15) is 0 Å². The number of nitrogens with zero attached hydrogens (tertiary/aromatic N) is 1. The summed E-state index contributed by atoms with van der Waals surface area (Å²) in [5.41, 5.74) is 0.558. The highest BCUT2D eigenvalue weighted by Gasteiger charge is 2.18. The highest BCUT2D eigenvalue weighted by molar-refractivity contribution is 7.92. The van der Waals surface area contributed by atoms with E-state index in [9.17, 15) is 13.2 Å². The average molecular weight is 394 g/mol. The lowest BCUT2D eigenvalue weighted by atomic mass is 9.95. The molecule has 1 amide bonds. The van der Waals surface area contributed by atoms with Gasteiger partial charge in [0.15, 0.2) is 0 Å². The molecule has 1 aliphatic rings. The van der Waals surface area contributed by atoms with Gasteiger partial charge in [0.2, 0.25) is 0 Å². The second-order valence-electron chi connectivity index (χ2n) is 6.33. The molecular weight excluding hydrogens is 374 g/mol. The molecule has 0 radical (unpaired) electrons. The summed E-state index contributed by atoms with van der Waals surface area (Å²) in [5, 5.41) is 3.44. The fraction of sp³-hybridized carbons (Fsp3) is 0.333. The summed E-state index contributed by atoms with van der Waals surface area (Å²) in [7, 11) is -3.78. The topological polar surface area (TPSA) is 88.2 Å². The molecule has 3 rings (SSSR count). The van der Waals surface area contributed by atoms with Crippen molar-refractivity contribution in [3.05, 3.63) is 53.3 Å². The molecule has 0 spiro atoms. The molecule has 1 heterocycles. The molecule has 138 valence electrons. The van der Waals surface area contributed by atoms with Crippen molar-refractivity contribution in [1.29, 1.82) is 0 Å². The summed E-state index contributed by atoms with van der Waals surface area (Å²) in [4.78, 5) is 16.5. The summed E-state index contributed by atoms with van der Waals surface area (Å²) < 4.78 is 27.3. The number of carbonyl (C=O) groups is 1. The Morgan fingerprint density at radius 3 is 2.46 bits per heavy atom. The molecule has 0 bridgehead atoms. The van der Waals surface area contributed by atoms with Crippen LogP contribution in [0.1, 0.15) is 42.5 Å².